The molecule has 0 aliphatic heterocycles. The van der Waals surface area contributed by atoms with Crippen molar-refractivity contribution in [1.82, 2.24) is 14.8 Å². The van der Waals surface area contributed by atoms with Crippen LogP contribution in [0.25, 0.3) is 5.69 Å². The summed E-state index contributed by atoms with van der Waals surface area (Å²) in [5.41, 5.74) is 1.53. The van der Waals surface area contributed by atoms with Gasteiger partial charge in [-0.3, -0.25) is 9.59 Å². The van der Waals surface area contributed by atoms with Crippen LogP contribution in [0.2, 0.25) is 10.0 Å². The molecule has 0 radical (unpaired) electrons. The molecule has 2 aromatic heterocycles. The van der Waals surface area contributed by atoms with Crippen LogP contribution in [0.1, 0.15) is 33.9 Å². The number of hydrogen-bond donors (Lipinski definition) is 2. The Balaban J connectivity index is 1.49. The van der Waals surface area contributed by atoms with Gasteiger partial charge in [-0.2, -0.15) is 0 Å². The molecule has 4 aromatic rings. The van der Waals surface area contributed by atoms with Gasteiger partial charge in [0.2, 0.25) is 5.82 Å². The predicted molar refractivity (Wildman–Crippen MR) is 122 cm³/mol. The molecule has 0 aliphatic carbocycles. The zero-order valence-electron chi connectivity index (χ0n) is 16.8. The molecule has 4 rings (SSSR count). The van der Waals surface area contributed by atoms with Gasteiger partial charge in [0.1, 0.15) is 11.5 Å². The number of carbonyl (C=O) groups is 2. The van der Waals surface area contributed by atoms with Crippen LogP contribution in [-0.4, -0.2) is 26.6 Å². The van der Waals surface area contributed by atoms with Gasteiger partial charge in [-0.15, -0.1) is 5.10 Å². The van der Waals surface area contributed by atoms with Gasteiger partial charge in [0, 0.05) is 17.8 Å². The van der Waals surface area contributed by atoms with E-state index in [-0.39, 0.29) is 17.5 Å². The van der Waals surface area contributed by atoms with Crippen molar-refractivity contribution in [3.05, 3.63) is 88.3 Å². The number of anilines is 2. The number of amides is 2. The van der Waals surface area contributed by atoms with Gasteiger partial charge in [0.15, 0.2) is 5.76 Å². The monoisotopic (exact) mass is 469 g/mol. The van der Waals surface area contributed by atoms with Gasteiger partial charge in [-0.1, -0.05) is 36.2 Å². The highest BCUT2D eigenvalue weighted by molar-refractivity contribution is 6.37. The smallest absolute Gasteiger partial charge is 0.295 e. The Bertz CT molecular complexity index is 1250. The number of rotatable bonds is 6. The number of nitrogens with one attached hydrogen (secondary N) is 2. The molecule has 32 heavy (non-hydrogen) atoms. The van der Waals surface area contributed by atoms with Gasteiger partial charge >= 0.3 is 0 Å². The van der Waals surface area contributed by atoms with Crippen molar-refractivity contribution >= 4 is 46.4 Å². The molecule has 0 bridgehead atoms. The van der Waals surface area contributed by atoms with Crippen molar-refractivity contribution in [2.45, 2.75) is 13.3 Å². The molecule has 2 N–H and O–H groups in total. The van der Waals surface area contributed by atoms with Crippen LogP contribution < -0.4 is 10.6 Å². The zero-order valence-corrected chi connectivity index (χ0v) is 18.3. The summed E-state index contributed by atoms with van der Waals surface area (Å²) < 4.78 is 6.54. The SMILES string of the molecule is CCc1nc(C(=O)Nc2ccc(NC(=O)c3ccco3)cc2)nn1-c1c(Cl)cccc1Cl. The second kappa shape index (κ2) is 9.25. The Kier molecular flexibility index (Phi) is 6.25. The van der Waals surface area contributed by atoms with Gasteiger partial charge in [-0.05, 0) is 48.5 Å². The lowest BCUT2D eigenvalue weighted by Crippen LogP contribution is -2.15. The summed E-state index contributed by atoms with van der Waals surface area (Å²) in [5.74, 6) is -0.135. The largest absolute Gasteiger partial charge is 0.459 e. The number of carbonyl (C=O) groups excluding carboxylic acids is 2. The second-order valence-corrected chi connectivity index (χ2v) is 7.46. The third kappa shape index (κ3) is 4.51. The molecule has 2 heterocycles. The molecule has 0 aliphatic rings. The molecule has 162 valence electrons. The summed E-state index contributed by atoms with van der Waals surface area (Å²) in [6.45, 7) is 1.89. The number of para-hydroxylation sites is 1. The van der Waals surface area contributed by atoms with Crippen LogP contribution in [-0.2, 0) is 6.42 Å². The maximum atomic E-state index is 12.7. The highest BCUT2D eigenvalue weighted by Crippen LogP contribution is 2.29. The first kappa shape index (κ1) is 21.6. The van der Waals surface area contributed by atoms with Gasteiger partial charge in [0.05, 0.1) is 16.3 Å². The predicted octanol–water partition coefficient (Wildman–Crippen LogP) is 5.23. The van der Waals surface area contributed by atoms with Gasteiger partial charge < -0.3 is 15.1 Å². The summed E-state index contributed by atoms with van der Waals surface area (Å²) in [4.78, 5) is 29.1. The first-order valence-electron chi connectivity index (χ1n) is 9.63. The Morgan fingerprint density at radius 3 is 2.12 bits per heavy atom. The van der Waals surface area contributed by atoms with Crippen LogP contribution in [0.5, 0.6) is 0 Å². The van der Waals surface area contributed by atoms with E-state index in [4.69, 9.17) is 27.6 Å². The minimum atomic E-state index is -0.492. The van der Waals surface area contributed by atoms with Crippen molar-refractivity contribution in [3.8, 4) is 5.69 Å². The minimum Gasteiger partial charge on any atom is -0.459 e. The first-order valence-corrected chi connectivity index (χ1v) is 10.4. The van der Waals surface area contributed by atoms with Crippen LogP contribution >= 0.6 is 23.2 Å². The zero-order chi connectivity index (χ0) is 22.7. The number of aromatic nitrogens is 3. The Morgan fingerprint density at radius 2 is 1.56 bits per heavy atom. The van der Waals surface area contributed by atoms with Crippen LogP contribution in [0, 0.1) is 0 Å². The summed E-state index contributed by atoms with van der Waals surface area (Å²) in [6, 6.07) is 14.9. The van der Waals surface area contributed by atoms with Crippen molar-refractivity contribution in [2.75, 3.05) is 10.6 Å². The van der Waals surface area contributed by atoms with Crippen LogP contribution in [0.4, 0.5) is 11.4 Å². The van der Waals surface area contributed by atoms with E-state index in [9.17, 15) is 9.59 Å². The van der Waals surface area contributed by atoms with E-state index < -0.39 is 5.91 Å². The highest BCUT2D eigenvalue weighted by Gasteiger charge is 2.20. The van der Waals surface area contributed by atoms with E-state index in [0.717, 1.165) is 0 Å². The Hall–Kier alpha value is -3.62. The summed E-state index contributed by atoms with van der Waals surface area (Å²) >= 11 is 12.6. The highest BCUT2D eigenvalue weighted by atomic mass is 35.5. The first-order chi connectivity index (χ1) is 15.5. The maximum Gasteiger partial charge on any atom is 0.295 e. The molecule has 0 unspecified atom stereocenters. The molecule has 0 atom stereocenters. The molecule has 2 amide bonds. The van der Waals surface area contributed by atoms with E-state index in [1.165, 1.54) is 10.9 Å². The second-order valence-electron chi connectivity index (χ2n) is 6.65. The van der Waals surface area contributed by atoms with E-state index >= 15 is 0 Å². The molecule has 10 heteroatoms. The normalized spacial score (nSPS) is 10.7. The molecule has 0 saturated carbocycles. The molecule has 0 spiro atoms. The summed E-state index contributed by atoms with van der Waals surface area (Å²) in [6.07, 6.45) is 1.94. The molecular formula is C22H17Cl2N5O3. The van der Waals surface area contributed by atoms with Crippen molar-refractivity contribution in [1.29, 1.82) is 0 Å². The lowest BCUT2D eigenvalue weighted by Gasteiger charge is -2.08. The third-order valence-corrected chi connectivity index (χ3v) is 5.10. The number of benzene rings is 2. The Morgan fingerprint density at radius 1 is 0.938 bits per heavy atom. The summed E-state index contributed by atoms with van der Waals surface area (Å²) in [5, 5.41) is 10.6. The standard InChI is InChI=1S/C22H17Cl2N5O3/c1-2-18-27-20(28-29(18)19-15(23)5-3-6-16(19)24)22(31)26-14-10-8-13(9-11-14)25-21(30)17-7-4-12-32-17/h3-12H,2H2,1H3,(H,25,30)(H,26,31). The van der Waals surface area contributed by atoms with Crippen molar-refractivity contribution < 1.29 is 14.0 Å². The lowest BCUT2D eigenvalue weighted by atomic mass is 10.2. The molecule has 8 nitrogen and oxygen atoms in total. The molecular weight excluding hydrogens is 453 g/mol. The van der Waals surface area contributed by atoms with Gasteiger partial charge in [-0.25, -0.2) is 9.67 Å². The topological polar surface area (TPSA) is 102 Å². The number of halogens is 2. The van der Waals surface area contributed by atoms with Crippen molar-refractivity contribution in [3.63, 3.8) is 0 Å². The summed E-state index contributed by atoms with van der Waals surface area (Å²) in [7, 11) is 0. The lowest BCUT2D eigenvalue weighted by molar-refractivity contribution is 0.0993. The van der Waals surface area contributed by atoms with E-state index in [0.29, 0.717) is 39.4 Å². The number of aryl methyl sites for hydroxylation is 1. The average molecular weight is 470 g/mol. The number of nitrogens with zero attached hydrogens (tertiary/aromatic N) is 3. The Labute approximate surface area is 193 Å². The molecule has 2 aromatic carbocycles. The van der Waals surface area contributed by atoms with Gasteiger partial charge in [0.25, 0.3) is 11.8 Å². The fourth-order valence-corrected chi connectivity index (χ4v) is 3.52. The number of hydrogen-bond acceptors (Lipinski definition) is 5. The van der Waals surface area contributed by atoms with E-state index in [1.807, 2.05) is 6.92 Å². The number of furan rings is 1. The fourth-order valence-electron chi connectivity index (χ4n) is 2.96. The van der Waals surface area contributed by atoms with Crippen LogP contribution in [0.15, 0.2) is 65.3 Å². The van der Waals surface area contributed by atoms with Crippen LogP contribution in [0.3, 0.4) is 0 Å². The van der Waals surface area contributed by atoms with E-state index in [2.05, 4.69) is 20.7 Å². The van der Waals surface area contributed by atoms with E-state index in [1.54, 1.807) is 54.6 Å². The minimum absolute atomic E-state index is 0.0203. The fraction of sp³-hybridized carbons (Fsp3) is 0.0909. The third-order valence-electron chi connectivity index (χ3n) is 4.49. The average Bonchev–Trinajstić information content (AvgIpc) is 3.45. The molecule has 0 saturated heterocycles. The quantitative estimate of drug-likeness (QED) is 0.402. The maximum absolute atomic E-state index is 12.7. The molecule has 0 fully saturated rings. The van der Waals surface area contributed by atoms with Crippen molar-refractivity contribution in [2.24, 2.45) is 0 Å².